The zero-order valence-corrected chi connectivity index (χ0v) is 12.1. The van der Waals surface area contributed by atoms with Crippen LogP contribution in [0, 0.1) is 5.82 Å². The number of thiophene rings is 1. The molecule has 102 valence electrons. The molecule has 1 unspecified atom stereocenters. The van der Waals surface area contributed by atoms with E-state index in [0.29, 0.717) is 6.42 Å². The lowest BCUT2D eigenvalue weighted by molar-refractivity contribution is 0.622. The second-order valence-electron chi connectivity index (χ2n) is 4.94. The lowest BCUT2D eigenvalue weighted by Gasteiger charge is -2.23. The molecule has 0 aliphatic rings. The minimum absolute atomic E-state index is 0.0232. The Bertz CT molecular complexity index is 523. The maximum atomic E-state index is 13.4. The van der Waals surface area contributed by atoms with Gasteiger partial charge in [-0.25, -0.2) is 4.39 Å². The van der Waals surface area contributed by atoms with Crippen LogP contribution in [0.5, 0.6) is 0 Å². The molecule has 1 heterocycles. The van der Waals surface area contributed by atoms with Crippen LogP contribution in [0.2, 0.25) is 0 Å². The molecule has 0 aliphatic heterocycles. The van der Waals surface area contributed by atoms with Crippen LogP contribution in [-0.2, 0) is 13.0 Å². The molecule has 1 aromatic heterocycles. The van der Waals surface area contributed by atoms with Crippen molar-refractivity contribution < 1.29 is 4.39 Å². The molecule has 1 atom stereocenters. The van der Waals surface area contributed by atoms with Gasteiger partial charge in [0.15, 0.2) is 0 Å². The van der Waals surface area contributed by atoms with E-state index in [9.17, 15) is 4.39 Å². The first-order valence-electron chi connectivity index (χ1n) is 6.32. The van der Waals surface area contributed by atoms with Crippen LogP contribution < -0.4 is 10.6 Å². The van der Waals surface area contributed by atoms with Gasteiger partial charge in [0.25, 0.3) is 0 Å². The summed E-state index contributed by atoms with van der Waals surface area (Å²) in [7, 11) is 2.02. The molecule has 1 aromatic carbocycles. The quantitative estimate of drug-likeness (QED) is 0.908. The van der Waals surface area contributed by atoms with Crippen LogP contribution in [-0.4, -0.2) is 13.1 Å². The lowest BCUT2D eigenvalue weighted by atomic mass is 10.0. The topological polar surface area (TPSA) is 29.3 Å². The molecular weight excluding hydrogens is 259 g/mol. The summed E-state index contributed by atoms with van der Waals surface area (Å²) in [4.78, 5) is 2.14. The van der Waals surface area contributed by atoms with E-state index in [4.69, 9.17) is 5.73 Å². The first-order chi connectivity index (χ1) is 9.06. The number of hydrogen-bond donors (Lipinski definition) is 1. The van der Waals surface area contributed by atoms with Crippen LogP contribution in [0.15, 0.2) is 35.0 Å². The summed E-state index contributed by atoms with van der Waals surface area (Å²) in [5, 5.41) is 4.20. The van der Waals surface area contributed by atoms with Gasteiger partial charge >= 0.3 is 0 Å². The fourth-order valence-electron chi connectivity index (χ4n) is 2.18. The molecule has 0 spiro atoms. The molecule has 2 rings (SSSR count). The SMILES string of the molecule is CC(N)Cc1cc(F)ccc1N(C)Cc1ccsc1. The van der Waals surface area contributed by atoms with Gasteiger partial charge in [0.2, 0.25) is 0 Å². The summed E-state index contributed by atoms with van der Waals surface area (Å²) < 4.78 is 13.4. The largest absolute Gasteiger partial charge is 0.370 e. The van der Waals surface area contributed by atoms with Crippen LogP contribution in [0.4, 0.5) is 10.1 Å². The van der Waals surface area contributed by atoms with Gasteiger partial charge in [-0.15, -0.1) is 0 Å². The summed E-state index contributed by atoms with van der Waals surface area (Å²) >= 11 is 1.69. The molecule has 0 aliphatic carbocycles. The number of rotatable bonds is 5. The van der Waals surface area contributed by atoms with Crippen molar-refractivity contribution in [2.75, 3.05) is 11.9 Å². The molecular formula is C15H19FN2S. The highest BCUT2D eigenvalue weighted by atomic mass is 32.1. The molecule has 0 radical (unpaired) electrons. The lowest BCUT2D eigenvalue weighted by Crippen LogP contribution is -2.22. The van der Waals surface area contributed by atoms with Crippen LogP contribution in [0.25, 0.3) is 0 Å². The van der Waals surface area contributed by atoms with Crippen molar-refractivity contribution in [3.63, 3.8) is 0 Å². The Hall–Kier alpha value is -1.39. The van der Waals surface area contributed by atoms with Gasteiger partial charge in [0.1, 0.15) is 5.82 Å². The number of benzene rings is 1. The summed E-state index contributed by atoms with van der Waals surface area (Å²) in [6.07, 6.45) is 0.682. The van der Waals surface area contributed by atoms with Crippen molar-refractivity contribution in [3.05, 3.63) is 52.0 Å². The van der Waals surface area contributed by atoms with Crippen molar-refractivity contribution in [1.82, 2.24) is 0 Å². The smallest absolute Gasteiger partial charge is 0.123 e. The molecule has 0 saturated carbocycles. The third-order valence-electron chi connectivity index (χ3n) is 2.99. The molecule has 2 N–H and O–H groups in total. The molecule has 0 fully saturated rings. The third-order valence-corrected chi connectivity index (χ3v) is 3.73. The highest BCUT2D eigenvalue weighted by molar-refractivity contribution is 7.07. The zero-order chi connectivity index (χ0) is 13.8. The molecule has 0 saturated heterocycles. The van der Waals surface area contributed by atoms with E-state index < -0.39 is 0 Å². The Morgan fingerprint density at radius 2 is 2.16 bits per heavy atom. The fourth-order valence-corrected chi connectivity index (χ4v) is 2.84. The van der Waals surface area contributed by atoms with Crippen molar-refractivity contribution in [2.24, 2.45) is 5.73 Å². The molecule has 0 bridgehead atoms. The maximum Gasteiger partial charge on any atom is 0.123 e. The van der Waals surface area contributed by atoms with Gasteiger partial charge in [0, 0.05) is 25.3 Å². The normalized spacial score (nSPS) is 12.4. The predicted octanol–water partition coefficient (Wildman–Crippen LogP) is 3.41. The molecule has 2 nitrogen and oxygen atoms in total. The zero-order valence-electron chi connectivity index (χ0n) is 11.3. The van der Waals surface area contributed by atoms with E-state index in [-0.39, 0.29) is 11.9 Å². The maximum absolute atomic E-state index is 13.4. The Balaban J connectivity index is 2.22. The fraction of sp³-hybridized carbons (Fsp3) is 0.333. The van der Waals surface area contributed by atoms with Crippen molar-refractivity contribution >= 4 is 17.0 Å². The summed E-state index contributed by atoms with van der Waals surface area (Å²) in [5.74, 6) is -0.205. The Labute approximate surface area is 117 Å². The van der Waals surface area contributed by atoms with Gasteiger partial charge in [-0.05, 0) is 59.5 Å². The average Bonchev–Trinajstić information content (AvgIpc) is 2.80. The predicted molar refractivity (Wildman–Crippen MR) is 80.2 cm³/mol. The number of nitrogens with zero attached hydrogens (tertiary/aromatic N) is 1. The van der Waals surface area contributed by atoms with E-state index >= 15 is 0 Å². The number of anilines is 1. The Morgan fingerprint density at radius 1 is 1.37 bits per heavy atom. The summed E-state index contributed by atoms with van der Waals surface area (Å²) in [6.45, 7) is 2.76. The minimum Gasteiger partial charge on any atom is -0.370 e. The van der Waals surface area contributed by atoms with Gasteiger partial charge in [-0.2, -0.15) is 11.3 Å². The standard InChI is InChI=1S/C15H19FN2S/c1-11(17)7-13-8-14(16)3-4-15(13)18(2)9-12-5-6-19-10-12/h3-6,8,10-11H,7,9,17H2,1-2H3. The first-order valence-corrected chi connectivity index (χ1v) is 7.27. The van der Waals surface area contributed by atoms with Gasteiger partial charge in [0.05, 0.1) is 0 Å². The van der Waals surface area contributed by atoms with Crippen LogP contribution in [0.3, 0.4) is 0 Å². The number of nitrogens with two attached hydrogens (primary N) is 1. The van der Waals surface area contributed by atoms with Crippen molar-refractivity contribution in [2.45, 2.75) is 25.9 Å². The monoisotopic (exact) mass is 278 g/mol. The Morgan fingerprint density at radius 3 is 2.79 bits per heavy atom. The summed E-state index contributed by atoms with van der Waals surface area (Å²) in [6, 6.07) is 7.05. The highest BCUT2D eigenvalue weighted by Gasteiger charge is 2.11. The molecule has 0 amide bonds. The first kappa shape index (κ1) is 14.0. The Kier molecular flexibility index (Phi) is 4.56. The van der Waals surface area contributed by atoms with Crippen molar-refractivity contribution in [3.8, 4) is 0 Å². The molecule has 19 heavy (non-hydrogen) atoms. The number of hydrogen-bond acceptors (Lipinski definition) is 3. The van der Waals surface area contributed by atoms with Crippen LogP contribution >= 0.6 is 11.3 Å². The van der Waals surface area contributed by atoms with Crippen molar-refractivity contribution in [1.29, 1.82) is 0 Å². The second kappa shape index (κ2) is 6.17. The van der Waals surface area contributed by atoms with Gasteiger partial charge < -0.3 is 10.6 Å². The minimum atomic E-state index is -0.205. The van der Waals surface area contributed by atoms with E-state index in [1.165, 1.54) is 11.6 Å². The average molecular weight is 278 g/mol. The van der Waals surface area contributed by atoms with E-state index in [0.717, 1.165) is 17.8 Å². The summed E-state index contributed by atoms with van der Waals surface area (Å²) in [5.41, 5.74) is 9.12. The van der Waals surface area contributed by atoms with E-state index in [1.807, 2.05) is 20.0 Å². The van der Waals surface area contributed by atoms with Gasteiger partial charge in [-0.3, -0.25) is 0 Å². The number of halogens is 1. The highest BCUT2D eigenvalue weighted by Crippen LogP contribution is 2.24. The van der Waals surface area contributed by atoms with E-state index in [1.54, 1.807) is 17.4 Å². The van der Waals surface area contributed by atoms with Gasteiger partial charge in [-0.1, -0.05) is 0 Å². The molecule has 4 heteroatoms. The third kappa shape index (κ3) is 3.78. The van der Waals surface area contributed by atoms with E-state index in [2.05, 4.69) is 21.7 Å². The van der Waals surface area contributed by atoms with Crippen LogP contribution in [0.1, 0.15) is 18.1 Å². The molecule has 2 aromatic rings. The second-order valence-corrected chi connectivity index (χ2v) is 5.72.